The van der Waals surface area contributed by atoms with E-state index in [1.165, 1.54) is 31.9 Å². The maximum atomic E-state index is 11.1. The first kappa shape index (κ1) is 13.3. The van der Waals surface area contributed by atoms with E-state index in [-0.39, 0.29) is 0 Å². The summed E-state index contributed by atoms with van der Waals surface area (Å²) in [5.41, 5.74) is 0. The molecule has 0 aromatic carbocycles. The van der Waals surface area contributed by atoms with E-state index in [1.807, 2.05) is 0 Å². The highest BCUT2D eigenvalue weighted by Gasteiger charge is 2.30. The average molecular weight is 260 g/mol. The van der Waals surface area contributed by atoms with E-state index in [1.54, 1.807) is 0 Å². The molecule has 1 aliphatic carbocycles. The molecule has 0 radical (unpaired) electrons. The molecule has 1 saturated heterocycles. The highest BCUT2D eigenvalue weighted by atomic mass is 32.2. The smallest absolute Gasteiger partial charge is 0.147 e. The van der Waals surface area contributed by atoms with Gasteiger partial charge in [-0.25, -0.2) is 8.42 Å². The molecule has 1 atom stereocenters. The fourth-order valence-corrected chi connectivity index (χ4v) is 3.24. The SMILES string of the molecule is CS(=O)(=O)CCCN(CC1CCCN1)C1CC1. The molecular weight excluding hydrogens is 236 g/mol. The predicted octanol–water partition coefficient (Wildman–Crippen LogP) is 0.638. The van der Waals surface area contributed by atoms with Gasteiger partial charge in [-0.1, -0.05) is 0 Å². The third-order valence-corrected chi connectivity index (χ3v) is 4.67. The Hall–Kier alpha value is -0.130. The Morgan fingerprint density at radius 3 is 2.59 bits per heavy atom. The Morgan fingerprint density at radius 1 is 1.29 bits per heavy atom. The largest absolute Gasteiger partial charge is 0.313 e. The second-order valence-corrected chi connectivity index (χ2v) is 7.76. The van der Waals surface area contributed by atoms with E-state index in [0.717, 1.165) is 32.1 Å². The van der Waals surface area contributed by atoms with Gasteiger partial charge in [-0.2, -0.15) is 0 Å². The lowest BCUT2D eigenvalue weighted by molar-refractivity contribution is 0.240. The Labute approximate surface area is 105 Å². The van der Waals surface area contributed by atoms with Gasteiger partial charge in [-0.15, -0.1) is 0 Å². The molecule has 1 unspecified atom stereocenters. The van der Waals surface area contributed by atoms with Gasteiger partial charge in [-0.05, 0) is 45.2 Å². The molecule has 1 heterocycles. The van der Waals surface area contributed by atoms with E-state index in [0.29, 0.717) is 11.8 Å². The lowest BCUT2D eigenvalue weighted by atomic mass is 10.2. The second kappa shape index (κ2) is 5.67. The highest BCUT2D eigenvalue weighted by Crippen LogP contribution is 2.27. The minimum atomic E-state index is -2.79. The van der Waals surface area contributed by atoms with Crippen LogP contribution in [0.25, 0.3) is 0 Å². The Morgan fingerprint density at radius 2 is 2.06 bits per heavy atom. The van der Waals surface area contributed by atoms with Gasteiger partial charge in [0.25, 0.3) is 0 Å². The summed E-state index contributed by atoms with van der Waals surface area (Å²) in [7, 11) is -2.79. The molecule has 100 valence electrons. The van der Waals surface area contributed by atoms with E-state index in [9.17, 15) is 8.42 Å². The molecule has 2 aliphatic rings. The van der Waals surface area contributed by atoms with Gasteiger partial charge in [-0.3, -0.25) is 4.90 Å². The summed E-state index contributed by atoms with van der Waals surface area (Å²) in [4.78, 5) is 2.49. The summed E-state index contributed by atoms with van der Waals surface area (Å²) in [6.45, 7) is 3.19. The zero-order valence-corrected chi connectivity index (χ0v) is 11.5. The highest BCUT2D eigenvalue weighted by molar-refractivity contribution is 7.90. The van der Waals surface area contributed by atoms with Gasteiger partial charge < -0.3 is 5.32 Å². The van der Waals surface area contributed by atoms with Crippen molar-refractivity contribution < 1.29 is 8.42 Å². The van der Waals surface area contributed by atoms with Crippen LogP contribution in [-0.2, 0) is 9.84 Å². The predicted molar refractivity (Wildman–Crippen MR) is 69.9 cm³/mol. The number of nitrogens with zero attached hydrogens (tertiary/aromatic N) is 1. The van der Waals surface area contributed by atoms with Crippen LogP contribution in [0.2, 0.25) is 0 Å². The number of sulfone groups is 1. The van der Waals surface area contributed by atoms with Crippen molar-refractivity contribution in [1.29, 1.82) is 0 Å². The van der Waals surface area contributed by atoms with Crippen LogP contribution in [0.4, 0.5) is 0 Å². The van der Waals surface area contributed by atoms with Gasteiger partial charge in [0.1, 0.15) is 9.84 Å². The molecule has 1 N–H and O–H groups in total. The van der Waals surface area contributed by atoms with Crippen LogP contribution >= 0.6 is 0 Å². The van der Waals surface area contributed by atoms with Crippen LogP contribution in [0, 0.1) is 0 Å². The van der Waals surface area contributed by atoms with Crippen molar-refractivity contribution in [2.75, 3.05) is 31.6 Å². The quantitative estimate of drug-likeness (QED) is 0.730. The van der Waals surface area contributed by atoms with Crippen LogP contribution in [0.1, 0.15) is 32.1 Å². The van der Waals surface area contributed by atoms with E-state index in [4.69, 9.17) is 0 Å². The number of hydrogen-bond acceptors (Lipinski definition) is 4. The van der Waals surface area contributed by atoms with E-state index >= 15 is 0 Å². The third kappa shape index (κ3) is 4.94. The van der Waals surface area contributed by atoms with Crippen molar-refractivity contribution >= 4 is 9.84 Å². The van der Waals surface area contributed by atoms with E-state index < -0.39 is 9.84 Å². The molecule has 0 aromatic rings. The normalized spacial score (nSPS) is 25.6. The molecule has 5 heteroatoms. The number of rotatable bonds is 7. The number of hydrogen-bond donors (Lipinski definition) is 1. The van der Waals surface area contributed by atoms with Crippen LogP contribution < -0.4 is 5.32 Å². The fraction of sp³-hybridized carbons (Fsp3) is 1.00. The first-order valence-electron chi connectivity index (χ1n) is 6.70. The standard InChI is InChI=1S/C12H24N2O2S/c1-17(15,16)9-3-8-14(12-5-6-12)10-11-4-2-7-13-11/h11-13H,2-10H2,1H3. The van der Waals surface area contributed by atoms with Crippen LogP contribution in [0.5, 0.6) is 0 Å². The first-order valence-corrected chi connectivity index (χ1v) is 8.76. The zero-order valence-electron chi connectivity index (χ0n) is 10.7. The van der Waals surface area contributed by atoms with Gasteiger partial charge in [0.15, 0.2) is 0 Å². The molecule has 2 fully saturated rings. The summed E-state index contributed by atoms with van der Waals surface area (Å²) in [6.07, 6.45) is 7.26. The number of nitrogens with one attached hydrogen (secondary N) is 1. The molecule has 0 bridgehead atoms. The average Bonchev–Trinajstić information content (AvgIpc) is 2.95. The lowest BCUT2D eigenvalue weighted by Crippen LogP contribution is -2.39. The molecular formula is C12H24N2O2S. The zero-order chi connectivity index (χ0) is 12.3. The van der Waals surface area contributed by atoms with Crippen molar-refractivity contribution in [2.24, 2.45) is 0 Å². The third-order valence-electron chi connectivity index (χ3n) is 3.64. The Balaban J connectivity index is 1.72. The van der Waals surface area contributed by atoms with Crippen LogP contribution in [-0.4, -0.2) is 57.0 Å². The van der Waals surface area contributed by atoms with Crippen LogP contribution in [0.3, 0.4) is 0 Å². The molecule has 17 heavy (non-hydrogen) atoms. The summed E-state index contributed by atoms with van der Waals surface area (Å²) >= 11 is 0. The minimum absolute atomic E-state index is 0.328. The Kier molecular flexibility index (Phi) is 4.44. The summed E-state index contributed by atoms with van der Waals surface area (Å²) in [6, 6.07) is 1.37. The molecule has 0 aromatic heterocycles. The van der Waals surface area contributed by atoms with Crippen molar-refractivity contribution in [3.63, 3.8) is 0 Å². The van der Waals surface area contributed by atoms with Crippen molar-refractivity contribution in [1.82, 2.24) is 10.2 Å². The fourth-order valence-electron chi connectivity index (χ4n) is 2.59. The summed E-state index contributed by atoms with van der Waals surface area (Å²) < 4.78 is 22.2. The molecule has 1 aliphatic heterocycles. The monoisotopic (exact) mass is 260 g/mol. The summed E-state index contributed by atoms with van der Waals surface area (Å²) in [5.74, 6) is 0.328. The van der Waals surface area contributed by atoms with Gasteiger partial charge in [0, 0.05) is 24.9 Å². The van der Waals surface area contributed by atoms with Crippen LogP contribution in [0.15, 0.2) is 0 Å². The van der Waals surface area contributed by atoms with Gasteiger partial charge in [0.2, 0.25) is 0 Å². The van der Waals surface area contributed by atoms with Crippen molar-refractivity contribution in [3.05, 3.63) is 0 Å². The summed E-state index contributed by atoms with van der Waals surface area (Å²) in [5, 5.41) is 3.52. The molecule has 2 rings (SSSR count). The van der Waals surface area contributed by atoms with Gasteiger partial charge >= 0.3 is 0 Å². The topological polar surface area (TPSA) is 49.4 Å². The minimum Gasteiger partial charge on any atom is -0.313 e. The lowest BCUT2D eigenvalue weighted by Gasteiger charge is -2.25. The Bertz CT molecular complexity index is 332. The first-order chi connectivity index (χ1) is 8.04. The molecule has 0 spiro atoms. The molecule has 0 amide bonds. The van der Waals surface area contributed by atoms with Crippen molar-refractivity contribution in [2.45, 2.75) is 44.2 Å². The second-order valence-electron chi connectivity index (χ2n) is 5.50. The van der Waals surface area contributed by atoms with Crippen molar-refractivity contribution in [3.8, 4) is 0 Å². The maximum Gasteiger partial charge on any atom is 0.147 e. The van der Waals surface area contributed by atoms with Gasteiger partial charge in [0.05, 0.1) is 5.75 Å². The van der Waals surface area contributed by atoms with E-state index in [2.05, 4.69) is 10.2 Å². The maximum absolute atomic E-state index is 11.1. The molecule has 1 saturated carbocycles. The molecule has 4 nitrogen and oxygen atoms in total.